The lowest BCUT2D eigenvalue weighted by atomic mass is 9.97. The highest BCUT2D eigenvalue weighted by molar-refractivity contribution is 5.96. The quantitative estimate of drug-likeness (QED) is 0.675. The summed E-state index contributed by atoms with van der Waals surface area (Å²) in [7, 11) is 1.26. The van der Waals surface area contributed by atoms with Crippen LogP contribution in [0.5, 0.6) is 0 Å². The third-order valence-corrected chi connectivity index (χ3v) is 4.81. The summed E-state index contributed by atoms with van der Waals surface area (Å²) in [4.78, 5) is 26.3. The van der Waals surface area contributed by atoms with E-state index in [1.165, 1.54) is 13.2 Å². The highest BCUT2D eigenvalue weighted by atomic mass is 16.5. The normalized spacial score (nSPS) is 16.8. The summed E-state index contributed by atoms with van der Waals surface area (Å²) in [5, 5.41) is 5.93. The standard InChI is InChI=1S/C20H18N2O4/c1-25-20(24)16-12-18(26-21-16)19(23)22-11-5-10-17(22)15-9-4-7-13-6-2-3-8-14(13)15/h2-4,6-9,12,17H,5,10-11H2,1H3/t17-/m0/s1. The molecule has 3 aromatic rings. The number of methoxy groups -OCH3 is 1. The van der Waals surface area contributed by atoms with E-state index in [9.17, 15) is 9.59 Å². The third kappa shape index (κ3) is 2.73. The average molecular weight is 350 g/mol. The van der Waals surface area contributed by atoms with E-state index < -0.39 is 5.97 Å². The highest BCUT2D eigenvalue weighted by Gasteiger charge is 2.33. The fraction of sp³-hybridized carbons (Fsp3) is 0.250. The summed E-state index contributed by atoms with van der Waals surface area (Å²) < 4.78 is 9.70. The van der Waals surface area contributed by atoms with Crippen molar-refractivity contribution in [3.05, 3.63) is 65.5 Å². The number of carbonyl (C=O) groups excluding carboxylic acids is 2. The summed E-state index contributed by atoms with van der Waals surface area (Å²) in [5.74, 6) is -0.833. The van der Waals surface area contributed by atoms with Gasteiger partial charge in [-0.15, -0.1) is 0 Å². The molecule has 0 radical (unpaired) electrons. The zero-order valence-corrected chi connectivity index (χ0v) is 14.3. The number of fused-ring (bicyclic) bond motifs is 1. The molecule has 2 heterocycles. The van der Waals surface area contributed by atoms with Gasteiger partial charge in [0.25, 0.3) is 5.91 Å². The van der Waals surface area contributed by atoms with Crippen LogP contribution in [-0.2, 0) is 4.74 Å². The fourth-order valence-corrected chi connectivity index (χ4v) is 3.59. The first kappa shape index (κ1) is 16.3. The first-order chi connectivity index (χ1) is 12.7. The van der Waals surface area contributed by atoms with Crippen LogP contribution < -0.4 is 0 Å². The molecule has 0 aliphatic carbocycles. The highest BCUT2D eigenvalue weighted by Crippen LogP contribution is 2.36. The maximum atomic E-state index is 12.9. The number of hydrogen-bond acceptors (Lipinski definition) is 5. The van der Waals surface area contributed by atoms with Crippen LogP contribution in [0.4, 0.5) is 0 Å². The number of esters is 1. The molecule has 2 aromatic carbocycles. The largest absolute Gasteiger partial charge is 0.464 e. The summed E-state index contributed by atoms with van der Waals surface area (Å²) in [6.07, 6.45) is 1.80. The predicted octanol–water partition coefficient (Wildman–Crippen LogP) is 3.59. The number of rotatable bonds is 3. The molecule has 6 heteroatoms. The molecule has 1 atom stereocenters. The van der Waals surface area contributed by atoms with Gasteiger partial charge in [-0.1, -0.05) is 47.6 Å². The SMILES string of the molecule is COC(=O)c1cc(C(=O)N2CCC[C@H]2c2cccc3ccccc23)on1. The third-order valence-electron chi connectivity index (χ3n) is 4.81. The summed E-state index contributed by atoms with van der Waals surface area (Å²) >= 11 is 0. The second kappa shape index (κ2) is 6.63. The molecule has 0 unspecified atom stereocenters. The van der Waals surface area contributed by atoms with Gasteiger partial charge in [-0.2, -0.15) is 0 Å². The lowest BCUT2D eigenvalue weighted by Gasteiger charge is -2.25. The lowest BCUT2D eigenvalue weighted by Crippen LogP contribution is -2.30. The molecule has 132 valence electrons. The number of nitrogens with zero attached hydrogens (tertiary/aromatic N) is 2. The van der Waals surface area contributed by atoms with Crippen molar-refractivity contribution in [2.45, 2.75) is 18.9 Å². The summed E-state index contributed by atoms with van der Waals surface area (Å²) in [5.41, 5.74) is 1.12. The number of likely N-dealkylation sites (tertiary alicyclic amines) is 1. The molecular weight excluding hydrogens is 332 g/mol. The Kier molecular flexibility index (Phi) is 4.16. The molecule has 1 aliphatic rings. The number of hydrogen-bond donors (Lipinski definition) is 0. The number of benzene rings is 2. The Morgan fingerprint density at radius 3 is 2.85 bits per heavy atom. The number of amides is 1. The van der Waals surface area contributed by atoms with E-state index in [4.69, 9.17) is 4.52 Å². The van der Waals surface area contributed by atoms with Crippen LogP contribution in [0.1, 0.15) is 45.5 Å². The molecule has 26 heavy (non-hydrogen) atoms. The van der Waals surface area contributed by atoms with Gasteiger partial charge < -0.3 is 14.2 Å². The van der Waals surface area contributed by atoms with Crippen LogP contribution >= 0.6 is 0 Å². The molecule has 0 spiro atoms. The van der Waals surface area contributed by atoms with E-state index in [1.54, 1.807) is 4.90 Å². The summed E-state index contributed by atoms with van der Waals surface area (Å²) in [6, 6.07) is 15.6. The van der Waals surface area contributed by atoms with Crippen molar-refractivity contribution >= 4 is 22.6 Å². The van der Waals surface area contributed by atoms with Crippen LogP contribution in [-0.4, -0.2) is 35.6 Å². The molecule has 0 saturated carbocycles. The van der Waals surface area contributed by atoms with Crippen molar-refractivity contribution in [2.75, 3.05) is 13.7 Å². The van der Waals surface area contributed by atoms with Crippen molar-refractivity contribution in [3.63, 3.8) is 0 Å². The van der Waals surface area contributed by atoms with Gasteiger partial charge in [-0.05, 0) is 29.2 Å². The van der Waals surface area contributed by atoms with E-state index in [0.717, 1.165) is 29.2 Å². The van der Waals surface area contributed by atoms with Crippen LogP contribution in [0.25, 0.3) is 10.8 Å². The van der Waals surface area contributed by atoms with Gasteiger partial charge in [0, 0.05) is 12.6 Å². The van der Waals surface area contributed by atoms with Crippen LogP contribution in [0, 0.1) is 0 Å². The van der Waals surface area contributed by atoms with Gasteiger partial charge >= 0.3 is 5.97 Å². The van der Waals surface area contributed by atoms with Crippen molar-refractivity contribution < 1.29 is 18.8 Å². The Hall–Kier alpha value is -3.15. The molecule has 0 N–H and O–H groups in total. The van der Waals surface area contributed by atoms with Crippen molar-refractivity contribution in [1.82, 2.24) is 10.1 Å². The maximum absolute atomic E-state index is 12.9. The Labute approximate surface area is 150 Å². The lowest BCUT2D eigenvalue weighted by molar-refractivity contribution is 0.0586. The molecule has 6 nitrogen and oxygen atoms in total. The van der Waals surface area contributed by atoms with E-state index >= 15 is 0 Å². The molecule has 1 aliphatic heterocycles. The monoisotopic (exact) mass is 350 g/mol. The number of carbonyl (C=O) groups is 2. The van der Waals surface area contributed by atoms with E-state index in [0.29, 0.717) is 6.54 Å². The Bertz CT molecular complexity index is 973. The van der Waals surface area contributed by atoms with Gasteiger partial charge in [-0.3, -0.25) is 4.79 Å². The molecular formula is C20H18N2O4. The van der Waals surface area contributed by atoms with Gasteiger partial charge in [0.05, 0.1) is 13.2 Å². The second-order valence-corrected chi connectivity index (χ2v) is 6.29. The van der Waals surface area contributed by atoms with Crippen molar-refractivity contribution in [1.29, 1.82) is 0 Å². The number of aromatic nitrogens is 1. The van der Waals surface area contributed by atoms with Crippen LogP contribution in [0.2, 0.25) is 0 Å². The van der Waals surface area contributed by atoms with Crippen LogP contribution in [0.3, 0.4) is 0 Å². The van der Waals surface area contributed by atoms with Crippen molar-refractivity contribution in [2.24, 2.45) is 0 Å². The molecule has 0 bridgehead atoms. The minimum absolute atomic E-state index is 0.00300. The first-order valence-corrected chi connectivity index (χ1v) is 8.52. The Balaban J connectivity index is 1.67. The van der Waals surface area contributed by atoms with Crippen molar-refractivity contribution in [3.8, 4) is 0 Å². The van der Waals surface area contributed by atoms with Gasteiger partial charge in [0.2, 0.25) is 5.76 Å². The predicted molar refractivity (Wildman–Crippen MR) is 94.8 cm³/mol. The molecule has 4 rings (SSSR count). The first-order valence-electron chi connectivity index (χ1n) is 8.52. The second-order valence-electron chi connectivity index (χ2n) is 6.29. The Morgan fingerprint density at radius 2 is 2.00 bits per heavy atom. The molecule has 1 saturated heterocycles. The minimum Gasteiger partial charge on any atom is -0.464 e. The minimum atomic E-state index is -0.625. The van der Waals surface area contributed by atoms with E-state index in [-0.39, 0.29) is 23.4 Å². The van der Waals surface area contributed by atoms with Gasteiger partial charge in [-0.25, -0.2) is 4.79 Å². The summed E-state index contributed by atoms with van der Waals surface area (Å²) in [6.45, 7) is 0.640. The van der Waals surface area contributed by atoms with Crippen LogP contribution in [0.15, 0.2) is 53.1 Å². The van der Waals surface area contributed by atoms with E-state index in [1.807, 2.05) is 18.2 Å². The molecule has 1 fully saturated rings. The fourth-order valence-electron chi connectivity index (χ4n) is 3.59. The van der Waals surface area contributed by atoms with E-state index in [2.05, 4.69) is 34.2 Å². The van der Waals surface area contributed by atoms with Gasteiger partial charge in [0.1, 0.15) is 0 Å². The number of ether oxygens (including phenoxy) is 1. The average Bonchev–Trinajstić information content (AvgIpc) is 3.36. The zero-order valence-electron chi connectivity index (χ0n) is 14.3. The molecule has 1 aromatic heterocycles. The zero-order chi connectivity index (χ0) is 18.1. The van der Waals surface area contributed by atoms with Gasteiger partial charge in [0.15, 0.2) is 5.69 Å². The topological polar surface area (TPSA) is 72.6 Å². The smallest absolute Gasteiger partial charge is 0.360 e. The maximum Gasteiger partial charge on any atom is 0.360 e. The Morgan fingerprint density at radius 1 is 1.19 bits per heavy atom. The molecule has 1 amide bonds.